The molecule has 2 rings (SSSR count). The van der Waals surface area contributed by atoms with Crippen LogP contribution in [0.4, 0.5) is 0 Å². The SMILES string of the molecule is CCCN1CCC(NC(=NCC(O)c2ccco2)NCC)CC1.I. The third kappa shape index (κ3) is 6.98. The van der Waals surface area contributed by atoms with Crippen molar-refractivity contribution in [3.63, 3.8) is 0 Å². The second kappa shape index (κ2) is 11.7. The summed E-state index contributed by atoms with van der Waals surface area (Å²) in [6, 6.07) is 3.99. The van der Waals surface area contributed by atoms with E-state index in [9.17, 15) is 5.11 Å². The van der Waals surface area contributed by atoms with Crippen LogP contribution in [0.2, 0.25) is 0 Å². The molecular formula is C17H31IN4O2. The Kier molecular flexibility index (Phi) is 10.4. The summed E-state index contributed by atoms with van der Waals surface area (Å²) in [6.45, 7) is 8.83. The van der Waals surface area contributed by atoms with E-state index < -0.39 is 6.10 Å². The highest BCUT2D eigenvalue weighted by molar-refractivity contribution is 14.0. The minimum atomic E-state index is -0.702. The number of halogens is 1. The van der Waals surface area contributed by atoms with Crippen LogP contribution < -0.4 is 10.6 Å². The van der Waals surface area contributed by atoms with Crippen LogP contribution in [0.1, 0.15) is 45.0 Å². The lowest BCUT2D eigenvalue weighted by Gasteiger charge is -2.32. The summed E-state index contributed by atoms with van der Waals surface area (Å²) in [6.07, 6.45) is 4.34. The number of furan rings is 1. The quantitative estimate of drug-likeness (QED) is 0.338. The second-order valence-corrected chi connectivity index (χ2v) is 6.01. The first-order valence-corrected chi connectivity index (χ1v) is 8.71. The molecule has 0 radical (unpaired) electrons. The highest BCUT2D eigenvalue weighted by atomic mass is 127. The zero-order valence-electron chi connectivity index (χ0n) is 14.7. The Bertz CT molecular complexity index is 459. The average Bonchev–Trinajstić information content (AvgIpc) is 3.09. The van der Waals surface area contributed by atoms with Crippen molar-refractivity contribution >= 4 is 29.9 Å². The summed E-state index contributed by atoms with van der Waals surface area (Å²) in [4.78, 5) is 7.01. The van der Waals surface area contributed by atoms with E-state index in [1.807, 2.05) is 6.92 Å². The Hall–Kier alpha value is -0.800. The molecule has 1 aromatic heterocycles. The topological polar surface area (TPSA) is 73.0 Å². The first kappa shape index (κ1) is 21.2. The fourth-order valence-electron chi connectivity index (χ4n) is 2.88. The number of guanidine groups is 1. The number of hydrogen-bond donors (Lipinski definition) is 3. The van der Waals surface area contributed by atoms with Gasteiger partial charge in [0.1, 0.15) is 11.9 Å². The van der Waals surface area contributed by atoms with E-state index in [0.29, 0.717) is 11.8 Å². The monoisotopic (exact) mass is 450 g/mol. The lowest BCUT2D eigenvalue weighted by molar-refractivity contribution is 0.158. The molecule has 1 aliphatic rings. The highest BCUT2D eigenvalue weighted by Crippen LogP contribution is 2.13. The van der Waals surface area contributed by atoms with E-state index in [2.05, 4.69) is 27.4 Å². The Morgan fingerprint density at radius 1 is 1.42 bits per heavy atom. The summed E-state index contributed by atoms with van der Waals surface area (Å²) < 4.78 is 5.21. The molecular weight excluding hydrogens is 419 g/mol. The van der Waals surface area contributed by atoms with Crippen molar-refractivity contribution in [3.8, 4) is 0 Å². The fraction of sp³-hybridized carbons (Fsp3) is 0.706. The summed E-state index contributed by atoms with van der Waals surface area (Å²) in [5.41, 5.74) is 0. The van der Waals surface area contributed by atoms with Gasteiger partial charge in [-0.15, -0.1) is 24.0 Å². The second-order valence-electron chi connectivity index (χ2n) is 6.01. The van der Waals surface area contributed by atoms with Crippen LogP contribution >= 0.6 is 24.0 Å². The van der Waals surface area contributed by atoms with Gasteiger partial charge in [-0.2, -0.15) is 0 Å². The van der Waals surface area contributed by atoms with Gasteiger partial charge in [-0.3, -0.25) is 4.99 Å². The van der Waals surface area contributed by atoms with Crippen LogP contribution in [0.3, 0.4) is 0 Å². The van der Waals surface area contributed by atoms with Crippen molar-refractivity contribution in [3.05, 3.63) is 24.2 Å². The Morgan fingerprint density at radius 2 is 2.17 bits per heavy atom. The lowest BCUT2D eigenvalue weighted by atomic mass is 10.1. The summed E-state index contributed by atoms with van der Waals surface area (Å²) in [7, 11) is 0. The van der Waals surface area contributed by atoms with Crippen molar-refractivity contribution in [2.24, 2.45) is 4.99 Å². The van der Waals surface area contributed by atoms with Crippen molar-refractivity contribution in [2.75, 3.05) is 32.7 Å². The molecule has 1 unspecified atom stereocenters. The van der Waals surface area contributed by atoms with Crippen molar-refractivity contribution in [1.29, 1.82) is 0 Å². The first-order chi connectivity index (χ1) is 11.2. The number of aliphatic hydroxyl groups excluding tert-OH is 1. The molecule has 0 aliphatic carbocycles. The molecule has 2 heterocycles. The molecule has 6 nitrogen and oxygen atoms in total. The molecule has 0 bridgehead atoms. The van der Waals surface area contributed by atoms with Gasteiger partial charge in [0.05, 0.1) is 12.8 Å². The van der Waals surface area contributed by atoms with Gasteiger partial charge in [-0.25, -0.2) is 0 Å². The predicted octanol–water partition coefficient (Wildman–Crippen LogP) is 2.36. The molecule has 1 aromatic rings. The molecule has 24 heavy (non-hydrogen) atoms. The number of aliphatic hydroxyl groups is 1. The van der Waals surface area contributed by atoms with Crippen LogP contribution in [0.15, 0.2) is 27.8 Å². The van der Waals surface area contributed by atoms with E-state index in [1.165, 1.54) is 13.0 Å². The van der Waals surface area contributed by atoms with Crippen LogP contribution in [-0.2, 0) is 0 Å². The van der Waals surface area contributed by atoms with Crippen molar-refractivity contribution in [1.82, 2.24) is 15.5 Å². The van der Waals surface area contributed by atoms with Crippen LogP contribution in [0.25, 0.3) is 0 Å². The Morgan fingerprint density at radius 3 is 2.75 bits per heavy atom. The van der Waals surface area contributed by atoms with Crippen molar-refractivity contribution < 1.29 is 9.52 Å². The molecule has 7 heteroatoms. The molecule has 1 fully saturated rings. The van der Waals surface area contributed by atoms with Gasteiger partial charge < -0.3 is 25.1 Å². The number of likely N-dealkylation sites (tertiary alicyclic amines) is 1. The number of nitrogens with zero attached hydrogens (tertiary/aromatic N) is 2. The van der Waals surface area contributed by atoms with E-state index in [0.717, 1.165) is 38.4 Å². The Balaban J connectivity index is 0.00000288. The van der Waals surface area contributed by atoms with Gasteiger partial charge in [-0.05, 0) is 44.9 Å². The van der Waals surface area contributed by atoms with Gasteiger partial charge in [-0.1, -0.05) is 6.92 Å². The van der Waals surface area contributed by atoms with Gasteiger partial charge in [0.25, 0.3) is 0 Å². The van der Waals surface area contributed by atoms with Crippen LogP contribution in [-0.4, -0.2) is 54.7 Å². The highest BCUT2D eigenvalue weighted by Gasteiger charge is 2.19. The normalized spacial score (nSPS) is 18.0. The summed E-state index contributed by atoms with van der Waals surface area (Å²) >= 11 is 0. The lowest BCUT2D eigenvalue weighted by Crippen LogP contribution is -2.48. The molecule has 3 N–H and O–H groups in total. The number of piperidine rings is 1. The predicted molar refractivity (Wildman–Crippen MR) is 108 cm³/mol. The maximum absolute atomic E-state index is 10.1. The molecule has 1 atom stereocenters. The molecule has 0 aromatic carbocycles. The summed E-state index contributed by atoms with van der Waals surface area (Å²) in [5, 5.41) is 16.8. The van der Waals surface area contributed by atoms with Gasteiger partial charge in [0, 0.05) is 25.7 Å². The maximum Gasteiger partial charge on any atom is 0.191 e. The molecule has 1 aliphatic heterocycles. The van der Waals surface area contributed by atoms with E-state index in [-0.39, 0.29) is 30.5 Å². The number of aliphatic imine (C=N–C) groups is 1. The average molecular weight is 450 g/mol. The van der Waals surface area contributed by atoms with E-state index >= 15 is 0 Å². The molecule has 1 saturated heterocycles. The van der Waals surface area contributed by atoms with Crippen LogP contribution in [0.5, 0.6) is 0 Å². The Labute approximate surface area is 162 Å². The molecule has 0 amide bonds. The van der Waals surface area contributed by atoms with Gasteiger partial charge >= 0.3 is 0 Å². The zero-order chi connectivity index (χ0) is 16.5. The van der Waals surface area contributed by atoms with E-state index in [4.69, 9.17) is 4.42 Å². The molecule has 138 valence electrons. The largest absolute Gasteiger partial charge is 0.467 e. The number of hydrogen-bond acceptors (Lipinski definition) is 4. The minimum absolute atomic E-state index is 0. The smallest absolute Gasteiger partial charge is 0.191 e. The third-order valence-electron chi connectivity index (χ3n) is 4.11. The maximum atomic E-state index is 10.1. The number of nitrogens with one attached hydrogen (secondary N) is 2. The van der Waals surface area contributed by atoms with Gasteiger partial charge in [0.2, 0.25) is 0 Å². The van der Waals surface area contributed by atoms with E-state index in [1.54, 1.807) is 18.4 Å². The minimum Gasteiger partial charge on any atom is -0.467 e. The number of rotatable bonds is 7. The summed E-state index contributed by atoms with van der Waals surface area (Å²) in [5.74, 6) is 1.32. The molecule has 0 saturated carbocycles. The zero-order valence-corrected chi connectivity index (χ0v) is 17.0. The first-order valence-electron chi connectivity index (χ1n) is 8.71. The third-order valence-corrected chi connectivity index (χ3v) is 4.11. The van der Waals surface area contributed by atoms with Gasteiger partial charge in [0.15, 0.2) is 5.96 Å². The fourth-order valence-corrected chi connectivity index (χ4v) is 2.88. The van der Waals surface area contributed by atoms with Crippen molar-refractivity contribution in [2.45, 2.75) is 45.3 Å². The van der Waals surface area contributed by atoms with Crippen LogP contribution in [0, 0.1) is 0 Å². The molecule has 0 spiro atoms. The standard InChI is InChI=1S/C17H30N4O2.HI/c1-3-9-21-10-7-14(8-11-21)20-17(18-4-2)19-13-15(22)16-6-5-12-23-16;/h5-6,12,14-15,22H,3-4,7-11,13H2,1-2H3,(H2,18,19,20);1H.